The molecular weight excluding hydrogens is 576 g/mol. The van der Waals surface area contributed by atoms with Gasteiger partial charge >= 0.3 is 0 Å². The van der Waals surface area contributed by atoms with Gasteiger partial charge in [0.15, 0.2) is 0 Å². The van der Waals surface area contributed by atoms with Gasteiger partial charge in [0.1, 0.15) is 24.7 Å². The molecule has 0 heterocycles. The van der Waals surface area contributed by atoms with Gasteiger partial charge in [0.05, 0.1) is 92.5 Å². The van der Waals surface area contributed by atoms with E-state index in [2.05, 4.69) is 31.2 Å². The first kappa shape index (κ1) is 38.9. The lowest BCUT2D eigenvalue weighted by Crippen LogP contribution is -2.15. The lowest BCUT2D eigenvalue weighted by atomic mass is 10.0. The summed E-state index contributed by atoms with van der Waals surface area (Å²) in [6, 6.07) is 18.1. The van der Waals surface area contributed by atoms with Crippen LogP contribution in [0.2, 0.25) is 0 Å². The largest absolute Gasteiger partial charge is 0.491 e. The summed E-state index contributed by atoms with van der Waals surface area (Å²) in [5.74, 6) is 1.74. The second kappa shape index (κ2) is 30.4. The lowest BCUT2D eigenvalue weighted by molar-refractivity contribution is -0.0218. The molecule has 0 unspecified atom stereocenters. The average molecular weight is 635 g/mol. The highest BCUT2D eigenvalue weighted by molar-refractivity contribution is 5.27. The Balaban J connectivity index is 1.21. The minimum atomic E-state index is 0.522. The fourth-order valence-corrected chi connectivity index (χ4v) is 4.24. The van der Waals surface area contributed by atoms with Gasteiger partial charge in [-0.1, -0.05) is 69.4 Å². The van der Waals surface area contributed by atoms with E-state index in [1.165, 1.54) is 44.1 Å². The molecule has 0 aliphatic rings. The van der Waals surface area contributed by atoms with Gasteiger partial charge in [-0.25, -0.2) is 0 Å². The highest BCUT2D eigenvalue weighted by Crippen LogP contribution is 2.15. The first-order valence-electron chi connectivity index (χ1n) is 16.8. The summed E-state index contributed by atoms with van der Waals surface area (Å²) in [4.78, 5) is 0. The molecule has 0 saturated carbocycles. The zero-order valence-electron chi connectivity index (χ0n) is 27.6. The molecule has 256 valence electrons. The number of aryl methyl sites for hydroxylation is 1. The van der Waals surface area contributed by atoms with Gasteiger partial charge in [-0.2, -0.15) is 0 Å². The molecule has 0 saturated heterocycles. The van der Waals surface area contributed by atoms with Crippen LogP contribution in [0.5, 0.6) is 11.5 Å². The van der Waals surface area contributed by atoms with Crippen LogP contribution < -0.4 is 9.47 Å². The molecule has 45 heavy (non-hydrogen) atoms. The van der Waals surface area contributed by atoms with Gasteiger partial charge in [0.25, 0.3) is 0 Å². The SMILES string of the molecule is CCCCCCCCc1ccc(OCCOCCOCCOCCOCCOCCOCCOCCOc2ccccc2)cc1. The highest BCUT2D eigenvalue weighted by Gasteiger charge is 1.99. The zero-order valence-corrected chi connectivity index (χ0v) is 27.6. The van der Waals surface area contributed by atoms with E-state index >= 15 is 0 Å². The van der Waals surface area contributed by atoms with Crippen molar-refractivity contribution in [3.8, 4) is 11.5 Å². The molecule has 9 nitrogen and oxygen atoms in total. The van der Waals surface area contributed by atoms with E-state index in [1.807, 2.05) is 30.3 Å². The molecule has 2 aromatic carbocycles. The normalized spacial score (nSPS) is 11.2. The topological polar surface area (TPSA) is 83.1 Å². The van der Waals surface area contributed by atoms with E-state index in [0.717, 1.165) is 17.9 Å². The van der Waals surface area contributed by atoms with Crippen molar-refractivity contribution in [2.24, 2.45) is 0 Å². The molecule has 0 radical (unpaired) electrons. The Morgan fingerprint density at radius 1 is 0.356 bits per heavy atom. The summed E-state index contributed by atoms with van der Waals surface area (Å²) in [5.41, 5.74) is 1.38. The van der Waals surface area contributed by atoms with Crippen molar-refractivity contribution in [2.45, 2.75) is 51.9 Å². The van der Waals surface area contributed by atoms with E-state index in [4.69, 9.17) is 42.6 Å². The number of hydrogen-bond donors (Lipinski definition) is 0. The molecule has 0 fully saturated rings. The average Bonchev–Trinajstić information content (AvgIpc) is 3.07. The third-order valence-electron chi connectivity index (χ3n) is 6.71. The standard InChI is InChI=1S/C36H58O9/c1-2-3-4-5-6-8-11-34-14-16-36(17-15-34)45-33-31-43-29-27-41-25-23-39-21-19-37-18-20-38-22-24-40-26-28-42-30-32-44-35-12-9-7-10-13-35/h7,9-10,12-17H,2-6,8,11,18-33H2,1H3. The van der Waals surface area contributed by atoms with E-state index < -0.39 is 0 Å². The summed E-state index contributed by atoms with van der Waals surface area (Å²) >= 11 is 0. The smallest absolute Gasteiger partial charge is 0.119 e. The number of unbranched alkanes of at least 4 members (excludes halogenated alkanes) is 5. The van der Waals surface area contributed by atoms with E-state index in [0.29, 0.717) is 106 Å². The van der Waals surface area contributed by atoms with Crippen molar-refractivity contribution in [3.63, 3.8) is 0 Å². The Labute approximate surface area is 271 Å². The quantitative estimate of drug-likeness (QED) is 0.0857. The molecule has 0 atom stereocenters. The van der Waals surface area contributed by atoms with Crippen LogP contribution in [0.4, 0.5) is 0 Å². The Hall–Kier alpha value is -2.24. The summed E-state index contributed by atoms with van der Waals surface area (Å²) in [5, 5.41) is 0. The molecule has 2 rings (SSSR count). The van der Waals surface area contributed by atoms with Crippen molar-refractivity contribution >= 4 is 0 Å². The molecular formula is C36H58O9. The molecule has 0 amide bonds. The van der Waals surface area contributed by atoms with Crippen LogP contribution in [0.1, 0.15) is 51.0 Å². The maximum atomic E-state index is 5.77. The number of ether oxygens (including phenoxy) is 9. The second-order valence-electron chi connectivity index (χ2n) is 10.5. The molecule has 2 aromatic rings. The first-order chi connectivity index (χ1) is 22.4. The van der Waals surface area contributed by atoms with Crippen LogP contribution in [0, 0.1) is 0 Å². The first-order valence-corrected chi connectivity index (χ1v) is 16.8. The van der Waals surface area contributed by atoms with Gasteiger partial charge in [-0.3, -0.25) is 0 Å². The molecule has 0 bridgehead atoms. The molecule has 0 N–H and O–H groups in total. The van der Waals surface area contributed by atoms with Crippen LogP contribution >= 0.6 is 0 Å². The third-order valence-corrected chi connectivity index (χ3v) is 6.71. The number of para-hydroxylation sites is 1. The van der Waals surface area contributed by atoms with Gasteiger partial charge in [0.2, 0.25) is 0 Å². The summed E-state index contributed by atoms with van der Waals surface area (Å²) < 4.78 is 49.9. The lowest BCUT2D eigenvalue weighted by Gasteiger charge is -2.09. The molecule has 0 aliphatic heterocycles. The molecule has 0 spiro atoms. The Morgan fingerprint density at radius 2 is 0.711 bits per heavy atom. The summed E-state index contributed by atoms with van der Waals surface area (Å²) in [6.07, 6.45) is 9.11. The Kier molecular flexibility index (Phi) is 26.3. The summed E-state index contributed by atoms with van der Waals surface area (Å²) in [6.45, 7) is 10.7. The fraction of sp³-hybridized carbons (Fsp3) is 0.667. The Bertz CT molecular complexity index is 867. The monoisotopic (exact) mass is 634 g/mol. The highest BCUT2D eigenvalue weighted by atomic mass is 16.6. The van der Waals surface area contributed by atoms with Crippen molar-refractivity contribution in [2.75, 3.05) is 106 Å². The van der Waals surface area contributed by atoms with Crippen LogP contribution in [-0.2, 0) is 39.6 Å². The predicted octanol–water partition coefficient (Wildman–Crippen LogP) is 6.16. The van der Waals surface area contributed by atoms with Crippen molar-refractivity contribution in [1.29, 1.82) is 0 Å². The number of rotatable bonds is 33. The number of benzene rings is 2. The second-order valence-corrected chi connectivity index (χ2v) is 10.5. The van der Waals surface area contributed by atoms with Gasteiger partial charge in [-0.15, -0.1) is 0 Å². The minimum absolute atomic E-state index is 0.522. The van der Waals surface area contributed by atoms with Crippen LogP contribution in [0.3, 0.4) is 0 Å². The number of hydrogen-bond acceptors (Lipinski definition) is 9. The molecule has 9 heteroatoms. The minimum Gasteiger partial charge on any atom is -0.491 e. The maximum absolute atomic E-state index is 5.77. The zero-order chi connectivity index (χ0) is 31.7. The van der Waals surface area contributed by atoms with Crippen LogP contribution in [0.15, 0.2) is 54.6 Å². The molecule has 0 aliphatic carbocycles. The maximum Gasteiger partial charge on any atom is 0.119 e. The molecule has 0 aromatic heterocycles. The fourth-order valence-electron chi connectivity index (χ4n) is 4.24. The van der Waals surface area contributed by atoms with Crippen molar-refractivity contribution < 1.29 is 42.6 Å². The van der Waals surface area contributed by atoms with Crippen molar-refractivity contribution in [1.82, 2.24) is 0 Å². The van der Waals surface area contributed by atoms with E-state index in [9.17, 15) is 0 Å². The van der Waals surface area contributed by atoms with E-state index in [1.54, 1.807) is 0 Å². The van der Waals surface area contributed by atoms with Crippen LogP contribution in [0.25, 0.3) is 0 Å². The van der Waals surface area contributed by atoms with Gasteiger partial charge < -0.3 is 42.6 Å². The van der Waals surface area contributed by atoms with Crippen LogP contribution in [-0.4, -0.2) is 106 Å². The third kappa shape index (κ3) is 24.6. The Morgan fingerprint density at radius 3 is 1.13 bits per heavy atom. The van der Waals surface area contributed by atoms with Crippen molar-refractivity contribution in [3.05, 3.63) is 60.2 Å². The summed E-state index contributed by atoms with van der Waals surface area (Å²) in [7, 11) is 0. The predicted molar refractivity (Wildman–Crippen MR) is 177 cm³/mol. The van der Waals surface area contributed by atoms with E-state index in [-0.39, 0.29) is 0 Å². The van der Waals surface area contributed by atoms with Gasteiger partial charge in [0, 0.05) is 0 Å². The van der Waals surface area contributed by atoms with Gasteiger partial charge in [-0.05, 0) is 42.7 Å².